The molecule has 27 heavy (non-hydrogen) atoms. The summed E-state index contributed by atoms with van der Waals surface area (Å²) in [4.78, 5) is 17.7. The number of guanidine groups is 1. The number of nitrogens with zero attached hydrogens (tertiary/aromatic N) is 2. The van der Waals surface area contributed by atoms with Gasteiger partial charge in [0, 0.05) is 11.4 Å². The Balaban J connectivity index is 1.40. The number of hydrogen-bond acceptors (Lipinski definition) is 3. The van der Waals surface area contributed by atoms with E-state index in [1.165, 1.54) is 24.0 Å². The lowest BCUT2D eigenvalue weighted by atomic mass is 9.90. The molecule has 0 unspecified atom stereocenters. The molecule has 6 nitrogen and oxygen atoms in total. The lowest BCUT2D eigenvalue weighted by Gasteiger charge is -2.19. The number of nitrogens with two attached hydrogens (primary N) is 1. The fraction of sp³-hybridized carbons (Fsp3) is 0.333. The number of aryl methyl sites for hydroxylation is 1. The van der Waals surface area contributed by atoms with Gasteiger partial charge in [-0.25, -0.2) is 9.79 Å². The summed E-state index contributed by atoms with van der Waals surface area (Å²) in [6, 6.07) is 14.1. The lowest BCUT2D eigenvalue weighted by molar-refractivity contribution is 0.181. The number of ether oxygens (including phenoxy) is 1. The second kappa shape index (κ2) is 7.70. The number of amides is 1. The van der Waals surface area contributed by atoms with Crippen LogP contribution in [0.25, 0.3) is 0 Å². The molecule has 140 valence electrons. The van der Waals surface area contributed by atoms with E-state index in [-0.39, 0.29) is 6.09 Å². The number of carbonyl (C=O) groups is 1. The number of hydrogen-bond donors (Lipinski definition) is 2. The zero-order chi connectivity index (χ0) is 18.6. The highest BCUT2D eigenvalue weighted by Gasteiger charge is 2.23. The van der Waals surface area contributed by atoms with Crippen molar-refractivity contribution in [3.05, 3.63) is 59.2 Å². The first-order valence-corrected chi connectivity index (χ1v) is 9.41. The predicted octanol–water partition coefficient (Wildman–Crippen LogP) is 3.45. The van der Waals surface area contributed by atoms with Gasteiger partial charge in [0.05, 0.1) is 13.1 Å². The van der Waals surface area contributed by atoms with Crippen LogP contribution in [0.3, 0.4) is 0 Å². The van der Waals surface area contributed by atoms with Crippen molar-refractivity contribution >= 4 is 23.4 Å². The third-order valence-corrected chi connectivity index (χ3v) is 5.10. The number of cyclic esters (lactones) is 1. The summed E-state index contributed by atoms with van der Waals surface area (Å²) in [5, 5.41) is 3.26. The average Bonchev–Trinajstić information content (AvgIpc) is 3.13. The molecule has 0 spiro atoms. The number of rotatable bonds is 4. The largest absolute Gasteiger partial charge is 0.447 e. The molecular weight excluding hydrogens is 340 g/mol. The van der Waals surface area contributed by atoms with Crippen molar-refractivity contribution in [1.29, 1.82) is 0 Å². The molecule has 0 radical (unpaired) electrons. The molecule has 1 amide bonds. The molecule has 0 bridgehead atoms. The Kier molecular flexibility index (Phi) is 4.96. The van der Waals surface area contributed by atoms with Crippen LogP contribution in [0.4, 0.5) is 16.2 Å². The first-order valence-electron chi connectivity index (χ1n) is 9.41. The van der Waals surface area contributed by atoms with Gasteiger partial charge < -0.3 is 15.8 Å². The van der Waals surface area contributed by atoms with Gasteiger partial charge in [-0.15, -0.1) is 0 Å². The number of anilines is 2. The molecular formula is C21H24N4O2. The molecule has 2 aromatic rings. The zero-order valence-electron chi connectivity index (χ0n) is 15.3. The van der Waals surface area contributed by atoms with Crippen molar-refractivity contribution in [1.82, 2.24) is 0 Å². The van der Waals surface area contributed by atoms with Gasteiger partial charge in [-0.05, 0) is 60.6 Å². The van der Waals surface area contributed by atoms with Gasteiger partial charge in [0.15, 0.2) is 5.96 Å². The van der Waals surface area contributed by atoms with Crippen LogP contribution in [0, 0.1) is 0 Å². The van der Waals surface area contributed by atoms with E-state index in [9.17, 15) is 4.79 Å². The van der Waals surface area contributed by atoms with Crippen molar-refractivity contribution in [2.45, 2.75) is 32.2 Å². The molecule has 4 rings (SSSR count). The molecule has 6 heteroatoms. The highest BCUT2D eigenvalue weighted by atomic mass is 16.6. The average molecular weight is 364 g/mol. The standard InChI is InChI=1S/C21H24N4O2/c22-20(24-19-7-3-5-16-4-1-2-6-18(16)19)23-14-15-8-10-17(11-9-15)25-12-13-27-21(25)26/h3,5,7-11H,1-2,4,6,12-14H2,(H3,22,23,24). The Hall–Kier alpha value is -3.02. The monoisotopic (exact) mass is 364 g/mol. The van der Waals surface area contributed by atoms with E-state index < -0.39 is 0 Å². The predicted molar refractivity (Wildman–Crippen MR) is 107 cm³/mol. The van der Waals surface area contributed by atoms with Crippen LogP contribution in [0.1, 0.15) is 29.5 Å². The Morgan fingerprint density at radius 1 is 1.15 bits per heavy atom. The summed E-state index contributed by atoms with van der Waals surface area (Å²) in [5.41, 5.74) is 11.8. The Bertz CT molecular complexity index is 861. The van der Waals surface area contributed by atoms with Crippen LogP contribution in [-0.4, -0.2) is 25.2 Å². The summed E-state index contributed by atoms with van der Waals surface area (Å²) >= 11 is 0. The normalized spacial score (nSPS) is 16.8. The van der Waals surface area contributed by atoms with Gasteiger partial charge in [-0.2, -0.15) is 0 Å². The number of benzene rings is 2. The maximum Gasteiger partial charge on any atom is 0.414 e. The van der Waals surface area contributed by atoms with Crippen LogP contribution < -0.4 is 16.0 Å². The van der Waals surface area contributed by atoms with Gasteiger partial charge in [0.25, 0.3) is 0 Å². The Labute approximate surface area is 159 Å². The number of carbonyl (C=O) groups excluding carboxylic acids is 1. The molecule has 2 aromatic carbocycles. The van der Waals surface area contributed by atoms with E-state index in [1.807, 2.05) is 24.3 Å². The molecule has 1 heterocycles. The molecule has 0 aromatic heterocycles. The van der Waals surface area contributed by atoms with E-state index in [4.69, 9.17) is 10.5 Å². The fourth-order valence-electron chi connectivity index (χ4n) is 3.66. The quantitative estimate of drug-likeness (QED) is 0.643. The van der Waals surface area contributed by atoms with Crippen molar-refractivity contribution < 1.29 is 9.53 Å². The van der Waals surface area contributed by atoms with Crippen LogP contribution in [0.2, 0.25) is 0 Å². The first kappa shape index (κ1) is 17.4. The molecule has 0 saturated carbocycles. The third kappa shape index (κ3) is 3.89. The maximum atomic E-state index is 11.6. The minimum absolute atomic E-state index is 0.291. The Morgan fingerprint density at radius 2 is 1.96 bits per heavy atom. The van der Waals surface area contributed by atoms with E-state index in [0.29, 0.717) is 25.7 Å². The molecule has 0 atom stereocenters. The summed E-state index contributed by atoms with van der Waals surface area (Å²) in [7, 11) is 0. The molecule has 1 fully saturated rings. The number of fused-ring (bicyclic) bond motifs is 1. The second-order valence-electron chi connectivity index (χ2n) is 6.91. The maximum absolute atomic E-state index is 11.6. The minimum Gasteiger partial charge on any atom is -0.447 e. The topological polar surface area (TPSA) is 79.9 Å². The smallest absolute Gasteiger partial charge is 0.414 e. The lowest BCUT2D eigenvalue weighted by Crippen LogP contribution is -2.24. The van der Waals surface area contributed by atoms with Crippen molar-refractivity contribution in [2.24, 2.45) is 10.7 Å². The van der Waals surface area contributed by atoms with Crippen molar-refractivity contribution in [3.8, 4) is 0 Å². The van der Waals surface area contributed by atoms with Gasteiger partial charge in [-0.3, -0.25) is 4.90 Å². The van der Waals surface area contributed by atoms with E-state index in [1.54, 1.807) is 4.90 Å². The van der Waals surface area contributed by atoms with E-state index in [2.05, 4.69) is 28.5 Å². The molecule has 1 aliphatic carbocycles. The SMILES string of the molecule is NC(=NCc1ccc(N2CCOC2=O)cc1)Nc1cccc2c1CCCC2. The van der Waals surface area contributed by atoms with Crippen LogP contribution in [0.5, 0.6) is 0 Å². The number of nitrogens with one attached hydrogen (secondary N) is 1. The minimum atomic E-state index is -0.291. The Morgan fingerprint density at radius 3 is 2.74 bits per heavy atom. The fourth-order valence-corrected chi connectivity index (χ4v) is 3.66. The molecule has 3 N–H and O–H groups in total. The van der Waals surface area contributed by atoms with Gasteiger partial charge >= 0.3 is 6.09 Å². The highest BCUT2D eigenvalue weighted by molar-refractivity contribution is 5.93. The summed E-state index contributed by atoms with van der Waals surface area (Å²) in [6.45, 7) is 1.52. The zero-order valence-corrected chi connectivity index (χ0v) is 15.3. The first-order chi connectivity index (χ1) is 13.2. The number of aliphatic imine (C=N–C) groups is 1. The van der Waals surface area contributed by atoms with Crippen LogP contribution in [-0.2, 0) is 24.1 Å². The molecule has 2 aliphatic rings. The third-order valence-electron chi connectivity index (χ3n) is 5.10. The van der Waals surface area contributed by atoms with Crippen LogP contribution in [0.15, 0.2) is 47.5 Å². The second-order valence-corrected chi connectivity index (χ2v) is 6.91. The molecule has 1 aliphatic heterocycles. The summed E-state index contributed by atoms with van der Waals surface area (Å²) in [5.74, 6) is 0.418. The summed E-state index contributed by atoms with van der Waals surface area (Å²) < 4.78 is 4.97. The summed E-state index contributed by atoms with van der Waals surface area (Å²) in [6.07, 6.45) is 4.41. The van der Waals surface area contributed by atoms with Crippen molar-refractivity contribution in [2.75, 3.05) is 23.4 Å². The van der Waals surface area contributed by atoms with Crippen LogP contribution >= 0.6 is 0 Å². The van der Waals surface area contributed by atoms with E-state index in [0.717, 1.165) is 29.8 Å². The van der Waals surface area contributed by atoms with Crippen molar-refractivity contribution in [3.63, 3.8) is 0 Å². The van der Waals surface area contributed by atoms with Gasteiger partial charge in [0.1, 0.15) is 6.61 Å². The molecule has 1 saturated heterocycles. The highest BCUT2D eigenvalue weighted by Crippen LogP contribution is 2.27. The van der Waals surface area contributed by atoms with E-state index >= 15 is 0 Å². The van der Waals surface area contributed by atoms with Gasteiger partial charge in [0.2, 0.25) is 0 Å². The van der Waals surface area contributed by atoms with Gasteiger partial charge in [-0.1, -0.05) is 24.3 Å².